The molecule has 2 aromatic heterocycles. The van der Waals surface area contributed by atoms with Gasteiger partial charge in [0.1, 0.15) is 23.7 Å². The zero-order valence-electron chi connectivity index (χ0n) is 25.8. The molecule has 2 aliphatic rings. The fourth-order valence-corrected chi connectivity index (χ4v) is 6.80. The fourth-order valence-electron chi connectivity index (χ4n) is 6.80. The average Bonchev–Trinajstić information content (AvgIpc) is 3.45. The Morgan fingerprint density at radius 3 is 2.43 bits per heavy atom. The third kappa shape index (κ3) is 6.68. The van der Waals surface area contributed by atoms with Crippen molar-refractivity contribution in [1.29, 1.82) is 0 Å². The molecule has 3 atom stereocenters. The Morgan fingerprint density at radius 2 is 1.76 bits per heavy atom. The van der Waals surface area contributed by atoms with Gasteiger partial charge in [0.15, 0.2) is 5.69 Å². The molecule has 12 heteroatoms. The lowest BCUT2D eigenvalue weighted by molar-refractivity contribution is -0.144. The molecule has 1 saturated carbocycles. The van der Waals surface area contributed by atoms with Crippen LogP contribution in [0.3, 0.4) is 0 Å². The Balaban J connectivity index is 1.12. The molecule has 2 aromatic carbocycles. The van der Waals surface area contributed by atoms with Gasteiger partial charge in [-0.3, -0.25) is 14.2 Å². The number of carbonyl (C=O) groups is 1. The predicted molar refractivity (Wildman–Crippen MR) is 169 cm³/mol. The third-order valence-electron chi connectivity index (χ3n) is 9.49. The molecule has 0 bridgehead atoms. The minimum atomic E-state index is -1.25. The number of aromatic nitrogens is 4. The number of halogens is 1. The number of rotatable bonds is 8. The summed E-state index contributed by atoms with van der Waals surface area (Å²) in [7, 11) is 1.91. The van der Waals surface area contributed by atoms with Crippen LogP contribution in [0, 0.1) is 11.7 Å². The molecule has 1 amide bonds. The van der Waals surface area contributed by atoms with Crippen molar-refractivity contribution in [3.05, 3.63) is 101 Å². The van der Waals surface area contributed by atoms with Crippen molar-refractivity contribution >= 4 is 11.6 Å². The number of nitrogens with zero attached hydrogens (tertiary/aromatic N) is 5. The second-order valence-electron chi connectivity index (χ2n) is 12.7. The maximum absolute atomic E-state index is 14.0. The molecule has 1 aliphatic carbocycles. The van der Waals surface area contributed by atoms with E-state index in [4.69, 9.17) is 10.5 Å². The first-order valence-electron chi connectivity index (χ1n) is 15.6. The number of nitrogens with two attached hydrogens (primary N) is 1. The molecule has 0 unspecified atom stereocenters. The van der Waals surface area contributed by atoms with E-state index in [1.54, 1.807) is 11.1 Å². The van der Waals surface area contributed by atoms with Crippen molar-refractivity contribution in [2.24, 2.45) is 13.0 Å². The number of ether oxygens (including phenoxy) is 1. The minimum Gasteiger partial charge on any atom is -0.437 e. The topological polar surface area (TPSA) is 149 Å². The monoisotopic (exact) mass is 630 g/mol. The summed E-state index contributed by atoms with van der Waals surface area (Å²) < 4.78 is 21.9. The number of likely N-dealkylation sites (tertiary alicyclic amines) is 1. The Morgan fingerprint density at radius 1 is 1.04 bits per heavy atom. The van der Waals surface area contributed by atoms with E-state index in [-0.39, 0.29) is 54.4 Å². The number of benzene rings is 2. The molecule has 6 rings (SSSR count). The summed E-state index contributed by atoms with van der Waals surface area (Å²) in [6.45, 7) is 0.612. The van der Waals surface area contributed by atoms with Crippen molar-refractivity contribution in [2.75, 3.05) is 18.8 Å². The van der Waals surface area contributed by atoms with Gasteiger partial charge < -0.3 is 30.2 Å². The summed E-state index contributed by atoms with van der Waals surface area (Å²) in [6.07, 6.45) is 7.26. The van der Waals surface area contributed by atoms with E-state index in [2.05, 4.69) is 9.97 Å². The van der Waals surface area contributed by atoms with Gasteiger partial charge >= 0.3 is 0 Å². The van der Waals surface area contributed by atoms with Gasteiger partial charge in [0.25, 0.3) is 5.56 Å². The molecule has 2 fully saturated rings. The second-order valence-corrected chi connectivity index (χ2v) is 12.7. The number of hydrogen-bond donors (Lipinski definition) is 3. The number of anilines is 1. The highest BCUT2D eigenvalue weighted by Crippen LogP contribution is 2.45. The van der Waals surface area contributed by atoms with Crippen LogP contribution in [0.2, 0.25) is 0 Å². The summed E-state index contributed by atoms with van der Waals surface area (Å²) in [4.78, 5) is 37.4. The summed E-state index contributed by atoms with van der Waals surface area (Å²) >= 11 is 0. The predicted octanol–water partition coefficient (Wildman–Crippen LogP) is 3.40. The van der Waals surface area contributed by atoms with Gasteiger partial charge in [-0.1, -0.05) is 30.3 Å². The van der Waals surface area contributed by atoms with Gasteiger partial charge in [-0.05, 0) is 67.9 Å². The van der Waals surface area contributed by atoms with Crippen LogP contribution in [0.4, 0.5) is 10.1 Å². The Hall–Kier alpha value is -4.55. The Kier molecular flexibility index (Phi) is 8.67. The number of piperidine rings is 1. The van der Waals surface area contributed by atoms with E-state index >= 15 is 0 Å². The molecule has 0 radical (unpaired) electrons. The number of aryl methyl sites for hydroxylation is 1. The van der Waals surface area contributed by atoms with Crippen molar-refractivity contribution in [3.8, 4) is 11.6 Å². The van der Waals surface area contributed by atoms with Crippen LogP contribution >= 0.6 is 0 Å². The fraction of sp³-hybridized carbons (Fsp3) is 0.412. The molecular formula is C34H39FN6O5. The van der Waals surface area contributed by atoms with Crippen LogP contribution < -0.4 is 16.0 Å². The number of amides is 1. The first-order valence-corrected chi connectivity index (χ1v) is 15.6. The van der Waals surface area contributed by atoms with Crippen LogP contribution in [0.5, 0.6) is 11.6 Å². The molecule has 1 aliphatic heterocycles. The zero-order valence-corrected chi connectivity index (χ0v) is 25.8. The molecule has 0 spiro atoms. The van der Waals surface area contributed by atoms with Gasteiger partial charge in [-0.25, -0.2) is 14.4 Å². The highest BCUT2D eigenvalue weighted by molar-refractivity contribution is 5.80. The van der Waals surface area contributed by atoms with Gasteiger partial charge in [0, 0.05) is 44.9 Å². The lowest BCUT2D eigenvalue weighted by atomic mass is 9.67. The quantitative estimate of drug-likeness (QED) is 0.268. The van der Waals surface area contributed by atoms with E-state index in [1.807, 2.05) is 48.1 Å². The van der Waals surface area contributed by atoms with Crippen LogP contribution in [-0.2, 0) is 24.8 Å². The molecule has 4 N–H and O–H groups in total. The highest BCUT2D eigenvalue weighted by atomic mass is 19.1. The molecule has 3 heterocycles. The molecule has 1 saturated heterocycles. The largest absolute Gasteiger partial charge is 0.437 e. The number of carbonyl (C=O) groups excluding carboxylic acids is 1. The van der Waals surface area contributed by atoms with E-state index in [1.165, 1.54) is 35.2 Å². The third-order valence-corrected chi connectivity index (χ3v) is 9.49. The Bertz CT molecular complexity index is 1730. The summed E-state index contributed by atoms with van der Waals surface area (Å²) in [5.41, 5.74) is 4.02. The van der Waals surface area contributed by atoms with Crippen LogP contribution in [0.1, 0.15) is 49.4 Å². The number of aliphatic hydroxyl groups is 2. The molecule has 242 valence electrons. The van der Waals surface area contributed by atoms with Gasteiger partial charge in [0.2, 0.25) is 11.8 Å². The first kappa shape index (κ1) is 31.4. The summed E-state index contributed by atoms with van der Waals surface area (Å²) in [6, 6.07) is 15.1. The van der Waals surface area contributed by atoms with Crippen LogP contribution in [0.25, 0.3) is 0 Å². The zero-order chi connectivity index (χ0) is 32.5. The molecule has 4 aromatic rings. The van der Waals surface area contributed by atoms with Gasteiger partial charge in [-0.15, -0.1) is 0 Å². The average molecular weight is 631 g/mol. The van der Waals surface area contributed by atoms with Crippen LogP contribution in [0.15, 0.2) is 78.1 Å². The minimum absolute atomic E-state index is 0.0142. The van der Waals surface area contributed by atoms with Crippen molar-refractivity contribution < 1.29 is 24.1 Å². The molecule has 11 nitrogen and oxygen atoms in total. The molecular weight excluding hydrogens is 591 g/mol. The number of nitrogen functional groups attached to an aromatic ring is 1. The maximum Gasteiger partial charge on any atom is 0.280 e. The van der Waals surface area contributed by atoms with Gasteiger partial charge in [-0.2, -0.15) is 0 Å². The van der Waals surface area contributed by atoms with E-state index in [0.29, 0.717) is 38.8 Å². The smallest absolute Gasteiger partial charge is 0.280 e. The standard InChI is InChI=1S/C34H39FN6O5/c1-39-18-15-37-28(39)20-34(45)12-11-26(27(19-34)23-5-3-2-4-6-23)31(42)40-16-13-33(44,14-17-40)21-41-22-38-30(29(36)32(41)43)46-25-9-7-24(35)8-10-25/h2-10,15,18,22,26-27,44-45H,11-14,16-17,19-21,36H2,1H3/t26-,27+,34-/m1/s1. The normalized spacial score (nSPS) is 22.8. The van der Waals surface area contributed by atoms with Crippen molar-refractivity contribution in [1.82, 2.24) is 24.0 Å². The number of hydrogen-bond acceptors (Lipinski definition) is 8. The van der Waals surface area contributed by atoms with Gasteiger partial charge in [0.05, 0.1) is 17.7 Å². The summed E-state index contributed by atoms with van der Waals surface area (Å²) in [5, 5.41) is 23.1. The van der Waals surface area contributed by atoms with E-state index in [0.717, 1.165) is 11.4 Å². The second kappa shape index (κ2) is 12.7. The lowest BCUT2D eigenvalue weighted by Gasteiger charge is -2.44. The van der Waals surface area contributed by atoms with Crippen molar-refractivity contribution in [3.63, 3.8) is 0 Å². The van der Waals surface area contributed by atoms with Crippen molar-refractivity contribution in [2.45, 2.75) is 62.2 Å². The first-order chi connectivity index (χ1) is 22.0. The van der Waals surface area contributed by atoms with Crippen LogP contribution in [-0.4, -0.2) is 64.4 Å². The Labute approximate surface area is 266 Å². The van der Waals surface area contributed by atoms with E-state index in [9.17, 15) is 24.2 Å². The SMILES string of the molecule is Cn1ccnc1C[C@@]1(O)CC[C@@H](C(=O)N2CCC(O)(Cn3cnc(Oc4ccc(F)cc4)c(N)c3=O)CC2)[C@H](c2ccccc2)C1. The maximum atomic E-state index is 14.0. The molecule has 46 heavy (non-hydrogen) atoms. The summed E-state index contributed by atoms with van der Waals surface area (Å²) in [5.74, 6) is 0.0857. The number of imidazole rings is 1. The highest BCUT2D eigenvalue weighted by Gasteiger charge is 2.46. The lowest BCUT2D eigenvalue weighted by Crippen LogP contribution is -2.52. The van der Waals surface area contributed by atoms with E-state index < -0.39 is 22.6 Å².